The molecular formula is C24H22FN7O2S. The van der Waals surface area contributed by atoms with Crippen molar-refractivity contribution >= 4 is 40.1 Å². The first-order valence-corrected chi connectivity index (χ1v) is 11.6. The monoisotopic (exact) mass is 491 g/mol. The maximum atomic E-state index is 14.7. The Morgan fingerprint density at radius 3 is 2.66 bits per heavy atom. The van der Waals surface area contributed by atoms with Crippen LogP contribution >= 0.6 is 11.8 Å². The van der Waals surface area contributed by atoms with Crippen molar-refractivity contribution in [2.75, 3.05) is 5.32 Å². The lowest BCUT2D eigenvalue weighted by atomic mass is 10.1. The van der Waals surface area contributed by atoms with Crippen LogP contribution in [0.3, 0.4) is 0 Å². The van der Waals surface area contributed by atoms with Crippen LogP contribution in [0.15, 0.2) is 65.2 Å². The molecule has 0 unspecified atom stereocenters. The molecule has 0 fully saturated rings. The summed E-state index contributed by atoms with van der Waals surface area (Å²) in [5, 5.41) is 16.4. The molecule has 0 aliphatic carbocycles. The summed E-state index contributed by atoms with van der Waals surface area (Å²) >= 11 is 1.35. The summed E-state index contributed by atoms with van der Waals surface area (Å²) in [6, 6.07) is 8.95. The topological polar surface area (TPSA) is 99.2 Å². The summed E-state index contributed by atoms with van der Waals surface area (Å²) in [5.41, 5.74) is 2.29. The number of carbonyl (C=O) groups excluding carboxylic acids is 1. The number of aryl methyl sites for hydroxylation is 1. The first-order valence-electron chi connectivity index (χ1n) is 10.8. The molecule has 5 rings (SSSR count). The summed E-state index contributed by atoms with van der Waals surface area (Å²) in [5.74, 6) is -0.466. The second kappa shape index (κ2) is 8.66. The maximum absolute atomic E-state index is 14.7. The van der Waals surface area contributed by atoms with E-state index in [0.717, 1.165) is 21.4 Å². The van der Waals surface area contributed by atoms with Gasteiger partial charge < -0.3 is 4.74 Å². The Hall–Kier alpha value is -3.99. The average Bonchev–Trinajstić information content (AvgIpc) is 3.39. The number of anilines is 1. The van der Waals surface area contributed by atoms with Gasteiger partial charge in [-0.25, -0.2) is 9.18 Å². The van der Waals surface area contributed by atoms with Crippen LogP contribution < -0.4 is 5.32 Å². The molecule has 0 bridgehead atoms. The number of ether oxygens (including phenoxy) is 1. The number of hydrogen-bond acceptors (Lipinski definition) is 7. The number of fused-ring (bicyclic) bond motifs is 2. The molecule has 9 nitrogen and oxygen atoms in total. The SMILES string of the molecule is Cn1cc(-c2cc(F)c3nnc(Sc4ccc5ncc(NC(=O)OC(C)(C)C)cc5c4)n3c2)cn1. The first-order chi connectivity index (χ1) is 16.6. The number of hydrogen-bond donors (Lipinski definition) is 1. The fourth-order valence-electron chi connectivity index (χ4n) is 3.50. The van der Waals surface area contributed by atoms with Crippen molar-refractivity contribution in [3.05, 3.63) is 60.9 Å². The van der Waals surface area contributed by atoms with Crippen molar-refractivity contribution in [1.29, 1.82) is 0 Å². The number of nitrogens with zero attached hydrogens (tertiary/aromatic N) is 6. The zero-order valence-electron chi connectivity index (χ0n) is 19.5. The van der Waals surface area contributed by atoms with Crippen LogP contribution in [0, 0.1) is 5.82 Å². The highest BCUT2D eigenvalue weighted by Gasteiger charge is 2.17. The highest BCUT2D eigenvalue weighted by atomic mass is 32.2. The van der Waals surface area contributed by atoms with Crippen LogP contribution in [0.2, 0.25) is 0 Å². The third-order valence-corrected chi connectivity index (χ3v) is 5.92. The van der Waals surface area contributed by atoms with E-state index in [2.05, 4.69) is 25.6 Å². The Bertz CT molecular complexity index is 1570. The molecule has 0 aliphatic heterocycles. The second-order valence-electron chi connectivity index (χ2n) is 8.96. The highest BCUT2D eigenvalue weighted by Crippen LogP contribution is 2.31. The molecule has 0 saturated heterocycles. The summed E-state index contributed by atoms with van der Waals surface area (Å²) < 4.78 is 23.3. The zero-order valence-corrected chi connectivity index (χ0v) is 20.3. The number of rotatable bonds is 4. The Kier molecular flexibility index (Phi) is 5.64. The van der Waals surface area contributed by atoms with Gasteiger partial charge in [0.15, 0.2) is 11.5 Å². The third kappa shape index (κ3) is 4.94. The van der Waals surface area contributed by atoms with Crippen molar-refractivity contribution < 1.29 is 13.9 Å². The summed E-state index contributed by atoms with van der Waals surface area (Å²) in [7, 11) is 1.81. The smallest absolute Gasteiger partial charge is 0.412 e. The van der Waals surface area contributed by atoms with E-state index in [-0.39, 0.29) is 5.65 Å². The Morgan fingerprint density at radius 1 is 1.09 bits per heavy atom. The van der Waals surface area contributed by atoms with E-state index in [0.29, 0.717) is 16.4 Å². The van der Waals surface area contributed by atoms with Gasteiger partial charge in [0.2, 0.25) is 5.16 Å². The van der Waals surface area contributed by atoms with E-state index in [4.69, 9.17) is 4.74 Å². The Morgan fingerprint density at radius 2 is 1.91 bits per heavy atom. The molecule has 1 aromatic carbocycles. The predicted molar refractivity (Wildman–Crippen MR) is 131 cm³/mol. The lowest BCUT2D eigenvalue weighted by Gasteiger charge is -2.19. The first kappa shape index (κ1) is 22.8. The van der Waals surface area contributed by atoms with Crippen LogP contribution in [-0.2, 0) is 11.8 Å². The van der Waals surface area contributed by atoms with E-state index in [1.807, 2.05) is 37.5 Å². The van der Waals surface area contributed by atoms with Gasteiger partial charge in [0, 0.05) is 40.8 Å². The molecule has 35 heavy (non-hydrogen) atoms. The fraction of sp³-hybridized carbons (Fsp3) is 0.208. The number of carbonyl (C=O) groups is 1. The number of halogens is 1. The van der Waals surface area contributed by atoms with Gasteiger partial charge in [0.25, 0.3) is 0 Å². The van der Waals surface area contributed by atoms with Gasteiger partial charge in [-0.15, -0.1) is 10.2 Å². The zero-order chi connectivity index (χ0) is 24.7. The van der Waals surface area contributed by atoms with Crippen molar-refractivity contribution in [1.82, 2.24) is 29.4 Å². The third-order valence-electron chi connectivity index (χ3n) is 4.97. The molecule has 0 spiro atoms. The van der Waals surface area contributed by atoms with Crippen molar-refractivity contribution in [2.24, 2.45) is 7.05 Å². The van der Waals surface area contributed by atoms with Crippen LogP contribution in [0.5, 0.6) is 0 Å². The molecule has 0 saturated carbocycles. The number of amides is 1. The summed E-state index contributed by atoms with van der Waals surface area (Å²) in [6.07, 6.45) is 6.32. The predicted octanol–water partition coefficient (Wildman–Crippen LogP) is 5.32. The Balaban J connectivity index is 1.44. The Labute approximate surface area is 204 Å². The van der Waals surface area contributed by atoms with Crippen LogP contribution in [0.4, 0.5) is 14.9 Å². The van der Waals surface area contributed by atoms with Gasteiger partial charge in [-0.1, -0.05) is 0 Å². The molecular weight excluding hydrogens is 469 g/mol. The van der Waals surface area contributed by atoms with Gasteiger partial charge >= 0.3 is 6.09 Å². The highest BCUT2D eigenvalue weighted by molar-refractivity contribution is 7.99. The van der Waals surface area contributed by atoms with Crippen molar-refractivity contribution in [3.8, 4) is 11.1 Å². The standard InChI is InChI=1S/C24H22FN7O2S/c1-24(2,3)34-23(33)28-17-7-14-8-18(5-6-20(14)26-11-17)35-22-30-29-21-19(25)9-15(13-32(21)22)16-10-27-31(4)12-16/h5-13H,1-4H3,(H,28,33). The molecule has 0 aliphatic rings. The summed E-state index contributed by atoms with van der Waals surface area (Å²) in [4.78, 5) is 17.4. The molecule has 4 heterocycles. The normalized spacial score (nSPS) is 11.8. The van der Waals surface area contributed by atoms with E-state index in [9.17, 15) is 9.18 Å². The second-order valence-corrected chi connectivity index (χ2v) is 10.0. The average molecular weight is 492 g/mol. The van der Waals surface area contributed by atoms with Gasteiger partial charge in [0.05, 0.1) is 23.6 Å². The lowest BCUT2D eigenvalue weighted by molar-refractivity contribution is 0.0636. The molecule has 5 aromatic rings. The van der Waals surface area contributed by atoms with Crippen LogP contribution in [-0.4, -0.2) is 41.1 Å². The van der Waals surface area contributed by atoms with E-state index in [1.54, 1.807) is 48.4 Å². The lowest BCUT2D eigenvalue weighted by Crippen LogP contribution is -2.27. The van der Waals surface area contributed by atoms with Gasteiger partial charge in [0.1, 0.15) is 5.60 Å². The molecule has 4 aromatic heterocycles. The molecule has 11 heteroatoms. The number of aromatic nitrogens is 6. The van der Waals surface area contributed by atoms with Crippen LogP contribution in [0.1, 0.15) is 20.8 Å². The number of benzene rings is 1. The maximum Gasteiger partial charge on any atom is 0.412 e. The van der Waals surface area contributed by atoms with Crippen LogP contribution in [0.25, 0.3) is 27.7 Å². The van der Waals surface area contributed by atoms with E-state index in [1.165, 1.54) is 17.8 Å². The minimum atomic E-state index is -0.602. The molecule has 1 N–H and O–H groups in total. The summed E-state index contributed by atoms with van der Waals surface area (Å²) in [6.45, 7) is 5.40. The largest absolute Gasteiger partial charge is 0.444 e. The number of nitrogens with one attached hydrogen (secondary N) is 1. The van der Waals surface area contributed by atoms with E-state index >= 15 is 0 Å². The molecule has 0 radical (unpaired) electrons. The number of pyridine rings is 2. The van der Waals surface area contributed by atoms with E-state index < -0.39 is 17.5 Å². The molecule has 1 amide bonds. The minimum Gasteiger partial charge on any atom is -0.444 e. The molecule has 178 valence electrons. The van der Waals surface area contributed by atoms with Crippen molar-refractivity contribution in [3.63, 3.8) is 0 Å². The quantitative estimate of drug-likeness (QED) is 0.363. The fourth-order valence-corrected chi connectivity index (χ4v) is 4.35. The van der Waals surface area contributed by atoms with Crippen molar-refractivity contribution in [2.45, 2.75) is 36.4 Å². The minimum absolute atomic E-state index is 0.145. The van der Waals surface area contributed by atoms with Gasteiger partial charge in [-0.05, 0) is 62.9 Å². The van der Waals surface area contributed by atoms with Gasteiger partial charge in [-0.3, -0.25) is 19.4 Å². The molecule has 0 atom stereocenters. The van der Waals surface area contributed by atoms with Gasteiger partial charge in [-0.2, -0.15) is 5.10 Å².